The minimum Gasteiger partial charge on any atom is -0.391 e. The normalized spacial score (nSPS) is 34.8. The van der Waals surface area contributed by atoms with E-state index in [2.05, 4.69) is 41.8 Å². The molecule has 2 saturated heterocycles. The molecule has 2 aliphatic rings. The van der Waals surface area contributed by atoms with Gasteiger partial charge >= 0.3 is 0 Å². The zero-order valence-electron chi connectivity index (χ0n) is 18.5. The molecule has 0 aromatic heterocycles. The second-order valence-corrected chi connectivity index (χ2v) is 10.8. The number of nitrogens with one attached hydrogen (secondary N) is 2. The van der Waals surface area contributed by atoms with E-state index in [1.807, 2.05) is 0 Å². The summed E-state index contributed by atoms with van der Waals surface area (Å²) >= 11 is 2.99. The second-order valence-electron chi connectivity index (χ2n) is 8.57. The molecule has 0 unspecified atom stereocenters. The number of hydrogen-bond acceptors (Lipinski definition) is 9. The summed E-state index contributed by atoms with van der Waals surface area (Å²) < 4.78 is 5.74. The van der Waals surface area contributed by atoms with Gasteiger partial charge in [-0.1, -0.05) is 29.8 Å². The van der Waals surface area contributed by atoms with Crippen LogP contribution in [-0.4, -0.2) is 92.4 Å². The predicted molar refractivity (Wildman–Crippen MR) is 126 cm³/mol. The van der Waals surface area contributed by atoms with Crippen molar-refractivity contribution in [2.24, 2.45) is 0 Å². The molecule has 1 aromatic rings. The molecular formula is C22H34N2O6S2. The van der Waals surface area contributed by atoms with E-state index < -0.39 is 48.0 Å². The number of carbonyl (C=O) groups is 1. The van der Waals surface area contributed by atoms with E-state index in [0.29, 0.717) is 13.0 Å². The molecule has 1 aromatic carbocycles. The average Bonchev–Trinajstić information content (AvgIpc) is 3.25. The maximum Gasteiger partial charge on any atom is 0.237 e. The summed E-state index contributed by atoms with van der Waals surface area (Å²) in [6.45, 7) is 4.26. The zero-order chi connectivity index (χ0) is 23.4. The monoisotopic (exact) mass is 486 g/mol. The van der Waals surface area contributed by atoms with Crippen LogP contribution in [0, 0.1) is 6.92 Å². The number of carbonyl (C=O) groups excluding carboxylic acids is 1. The van der Waals surface area contributed by atoms with Crippen molar-refractivity contribution in [3.63, 3.8) is 0 Å². The van der Waals surface area contributed by atoms with Crippen LogP contribution in [0.1, 0.15) is 24.5 Å². The summed E-state index contributed by atoms with van der Waals surface area (Å²) in [6.07, 6.45) is -3.86. The number of amides is 1. The van der Waals surface area contributed by atoms with Gasteiger partial charge in [-0.25, -0.2) is 0 Å². The van der Waals surface area contributed by atoms with Crippen molar-refractivity contribution in [3.05, 3.63) is 35.4 Å². The number of thioether (sulfide) groups is 2. The first-order chi connectivity index (χ1) is 15.2. The molecule has 0 bridgehead atoms. The quantitative estimate of drug-likeness (QED) is 0.300. The van der Waals surface area contributed by atoms with Crippen LogP contribution < -0.4 is 10.6 Å². The summed E-state index contributed by atoms with van der Waals surface area (Å²) in [7, 11) is 0. The Morgan fingerprint density at radius 3 is 2.53 bits per heavy atom. The van der Waals surface area contributed by atoms with Crippen molar-refractivity contribution in [2.45, 2.75) is 79.3 Å². The first-order valence-electron chi connectivity index (χ1n) is 10.8. The summed E-state index contributed by atoms with van der Waals surface area (Å²) in [5.41, 5.74) is 1.70. The lowest BCUT2D eigenvalue weighted by molar-refractivity contribution is -0.211. The van der Waals surface area contributed by atoms with Gasteiger partial charge in [0.2, 0.25) is 5.91 Å². The largest absolute Gasteiger partial charge is 0.391 e. The van der Waals surface area contributed by atoms with Crippen molar-refractivity contribution in [3.8, 4) is 0 Å². The number of aliphatic hydroxyl groups is 4. The van der Waals surface area contributed by atoms with E-state index in [-0.39, 0.29) is 11.2 Å². The van der Waals surface area contributed by atoms with Gasteiger partial charge in [-0.3, -0.25) is 4.79 Å². The van der Waals surface area contributed by atoms with E-state index in [1.165, 1.54) is 29.8 Å². The van der Waals surface area contributed by atoms with Gasteiger partial charge in [0.05, 0.1) is 18.2 Å². The molecule has 2 aliphatic heterocycles. The molecule has 10 heteroatoms. The van der Waals surface area contributed by atoms with Crippen LogP contribution in [0.15, 0.2) is 24.3 Å². The number of benzene rings is 1. The average molecular weight is 487 g/mol. The molecule has 0 saturated carbocycles. The van der Waals surface area contributed by atoms with Crippen molar-refractivity contribution in [1.82, 2.24) is 10.6 Å². The zero-order valence-corrected chi connectivity index (χ0v) is 20.2. The van der Waals surface area contributed by atoms with Crippen molar-refractivity contribution in [2.75, 3.05) is 12.8 Å². The lowest BCUT2D eigenvalue weighted by Crippen LogP contribution is -2.65. The van der Waals surface area contributed by atoms with E-state index in [4.69, 9.17) is 4.74 Å². The highest BCUT2D eigenvalue weighted by molar-refractivity contribution is 7.99. The molecule has 0 radical (unpaired) electrons. The smallest absolute Gasteiger partial charge is 0.237 e. The van der Waals surface area contributed by atoms with Crippen LogP contribution in [0.5, 0.6) is 0 Å². The minimum absolute atomic E-state index is 0.284. The summed E-state index contributed by atoms with van der Waals surface area (Å²) in [5, 5.41) is 47.3. The van der Waals surface area contributed by atoms with Gasteiger partial charge < -0.3 is 35.8 Å². The summed E-state index contributed by atoms with van der Waals surface area (Å²) in [4.78, 5) is 12.9. The topological polar surface area (TPSA) is 131 Å². The first kappa shape index (κ1) is 25.8. The number of ether oxygens (including phenoxy) is 1. The third kappa shape index (κ3) is 6.18. The Morgan fingerprint density at radius 2 is 1.91 bits per heavy atom. The Labute approximate surface area is 197 Å². The second kappa shape index (κ2) is 11.5. The fraction of sp³-hybridized carbons (Fsp3) is 0.682. The molecule has 3 rings (SSSR count). The van der Waals surface area contributed by atoms with E-state index >= 15 is 0 Å². The molecule has 6 N–H and O–H groups in total. The van der Waals surface area contributed by atoms with E-state index in [9.17, 15) is 25.2 Å². The maximum absolute atomic E-state index is 12.9. The third-order valence-electron chi connectivity index (χ3n) is 6.03. The molecule has 2 fully saturated rings. The molecule has 0 spiro atoms. The number of aliphatic hydroxyl groups excluding tert-OH is 4. The number of aryl methyl sites for hydroxylation is 1. The minimum atomic E-state index is -1.44. The van der Waals surface area contributed by atoms with Crippen molar-refractivity contribution < 1.29 is 30.0 Å². The van der Waals surface area contributed by atoms with Gasteiger partial charge in [-0.05, 0) is 32.1 Å². The van der Waals surface area contributed by atoms with Crippen LogP contribution >= 0.6 is 23.5 Å². The summed E-state index contributed by atoms with van der Waals surface area (Å²) in [6, 6.07) is 7.06. The highest BCUT2D eigenvalue weighted by Gasteiger charge is 2.48. The van der Waals surface area contributed by atoms with Gasteiger partial charge in [0.25, 0.3) is 0 Å². The SMILES string of the molecule is CS[C@H]1O[C@H]([C@H](NC(=O)[C@@H]2C[C@H](SCc3ccc(C)cc3)CN2)[C@@H](C)O)[C@H](O)[C@H](O)[C@H]1O. The fourth-order valence-electron chi connectivity index (χ4n) is 4.04. The van der Waals surface area contributed by atoms with Crippen molar-refractivity contribution in [1.29, 1.82) is 0 Å². The molecule has 32 heavy (non-hydrogen) atoms. The Kier molecular flexibility index (Phi) is 9.28. The predicted octanol–water partition coefficient (Wildman–Crippen LogP) is -0.00508. The van der Waals surface area contributed by atoms with Gasteiger partial charge in [-0.2, -0.15) is 11.8 Å². The molecule has 1 amide bonds. The van der Waals surface area contributed by atoms with Crippen LogP contribution in [0.4, 0.5) is 0 Å². The van der Waals surface area contributed by atoms with E-state index in [0.717, 1.165) is 5.75 Å². The molecule has 2 heterocycles. The number of hydrogen-bond donors (Lipinski definition) is 6. The lowest BCUT2D eigenvalue weighted by atomic mass is 9.92. The Hall–Kier alpha value is -0.850. The third-order valence-corrected chi connectivity index (χ3v) is 8.22. The van der Waals surface area contributed by atoms with Crippen molar-refractivity contribution >= 4 is 29.4 Å². The van der Waals surface area contributed by atoms with Gasteiger partial charge in [0.1, 0.15) is 29.9 Å². The van der Waals surface area contributed by atoms with Crippen LogP contribution in [0.3, 0.4) is 0 Å². The van der Waals surface area contributed by atoms with Crippen LogP contribution in [0.25, 0.3) is 0 Å². The molecule has 180 valence electrons. The van der Waals surface area contributed by atoms with Crippen LogP contribution in [-0.2, 0) is 15.3 Å². The standard InChI is InChI=1S/C22H34N2O6S2/c1-11-4-6-13(7-5-11)10-32-14-8-15(23-9-14)21(29)24-16(12(2)25)20-18(27)17(26)19(28)22(30-20)31-3/h4-7,12,14-20,22-23,25-28H,8-10H2,1-3H3,(H,24,29)/t12-,14+,15+,16-,17+,18-,19-,20-,22-/m1/s1. The molecule has 9 atom stereocenters. The maximum atomic E-state index is 12.9. The molecular weight excluding hydrogens is 452 g/mol. The fourth-order valence-corrected chi connectivity index (χ4v) is 5.88. The molecule has 8 nitrogen and oxygen atoms in total. The Balaban J connectivity index is 1.56. The highest BCUT2D eigenvalue weighted by Crippen LogP contribution is 2.30. The van der Waals surface area contributed by atoms with Gasteiger partial charge in [-0.15, -0.1) is 11.8 Å². The first-order valence-corrected chi connectivity index (χ1v) is 13.2. The lowest BCUT2D eigenvalue weighted by Gasteiger charge is -2.44. The Bertz CT molecular complexity index is 750. The van der Waals surface area contributed by atoms with Gasteiger partial charge in [0, 0.05) is 17.5 Å². The summed E-state index contributed by atoms with van der Waals surface area (Å²) in [5.74, 6) is 0.585. The van der Waals surface area contributed by atoms with Gasteiger partial charge in [0.15, 0.2) is 0 Å². The Morgan fingerprint density at radius 1 is 1.22 bits per heavy atom. The van der Waals surface area contributed by atoms with Crippen LogP contribution in [0.2, 0.25) is 0 Å². The molecule has 0 aliphatic carbocycles. The number of rotatable bonds is 8. The van der Waals surface area contributed by atoms with E-state index in [1.54, 1.807) is 18.0 Å². The highest BCUT2D eigenvalue weighted by atomic mass is 32.2.